The van der Waals surface area contributed by atoms with E-state index in [2.05, 4.69) is 173 Å². The number of benzene rings is 7. The van der Waals surface area contributed by atoms with Gasteiger partial charge in [0.1, 0.15) is 35.4 Å². The number of ketones is 2. The van der Waals surface area contributed by atoms with Crippen LogP contribution >= 0.6 is 45.3 Å². The van der Waals surface area contributed by atoms with E-state index in [-0.39, 0.29) is 22.7 Å². The van der Waals surface area contributed by atoms with Crippen molar-refractivity contribution in [2.24, 2.45) is 0 Å². The third-order valence-electron chi connectivity index (χ3n) is 17.4. The highest BCUT2D eigenvalue weighted by atomic mass is 32.1. The standard InChI is InChI=1S/C74H42N4O2S4/c1-39-13-21-45(22-14-39)73(46-23-15-40(2)16-24-46)59-34-56-60(33-55(59)68-61(73)31-49(81-68)29-57-63(43(35-75)36-76)51-9-5-7-11-53(51)66(57)79)74(47-25-17-41(3)18-26-47,48-27-19-42(4)20-28-48)65-69(56)84-72-70-62(83-71(65)72)32-50(82-70)30-58-64(44(37-77)38-78)52-10-6-8-12-54(52)67(58)80/h5-34H,1-4H3/b57-29-,58-30-. The van der Waals surface area contributed by atoms with E-state index in [9.17, 15) is 30.6 Å². The molecule has 0 saturated carbocycles. The van der Waals surface area contributed by atoms with Crippen LogP contribution in [0.25, 0.3) is 63.0 Å². The van der Waals surface area contributed by atoms with E-state index < -0.39 is 10.8 Å². The van der Waals surface area contributed by atoms with Gasteiger partial charge in [0.05, 0.1) is 24.9 Å². The molecule has 6 nitrogen and oxygen atoms in total. The molecule has 0 unspecified atom stereocenters. The number of hydrogen-bond donors (Lipinski definition) is 0. The lowest BCUT2D eigenvalue weighted by molar-refractivity contribution is 0.103. The number of allylic oxidation sites excluding steroid dienone is 6. The predicted molar refractivity (Wildman–Crippen MR) is 340 cm³/mol. The van der Waals surface area contributed by atoms with Gasteiger partial charge < -0.3 is 0 Å². The van der Waals surface area contributed by atoms with Gasteiger partial charge in [0.25, 0.3) is 0 Å². The van der Waals surface area contributed by atoms with Gasteiger partial charge in [-0.3, -0.25) is 9.59 Å². The number of aryl methyl sites for hydroxylation is 4. The molecular weight excluding hydrogens is 1110 g/mol. The molecule has 10 heteroatoms. The Morgan fingerprint density at radius 1 is 0.393 bits per heavy atom. The second-order valence-corrected chi connectivity index (χ2v) is 26.3. The molecule has 4 aliphatic rings. The van der Waals surface area contributed by atoms with Crippen LogP contribution in [0.15, 0.2) is 192 Å². The average molecular weight is 1150 g/mol. The summed E-state index contributed by atoms with van der Waals surface area (Å²) >= 11 is 6.86. The maximum absolute atomic E-state index is 14.5. The summed E-state index contributed by atoms with van der Waals surface area (Å²) in [7, 11) is 0. The van der Waals surface area contributed by atoms with Crippen molar-refractivity contribution in [3.63, 3.8) is 0 Å². The first kappa shape index (κ1) is 51.0. The topological polar surface area (TPSA) is 129 Å². The second-order valence-electron chi connectivity index (χ2n) is 22.0. The zero-order chi connectivity index (χ0) is 57.5. The molecule has 0 N–H and O–H groups in total. The molecule has 4 aliphatic carbocycles. The Morgan fingerprint density at radius 3 is 1.25 bits per heavy atom. The quantitative estimate of drug-likeness (QED) is 0.120. The molecule has 11 aromatic rings. The number of fused-ring (bicyclic) bond motifs is 12. The van der Waals surface area contributed by atoms with Gasteiger partial charge in [-0.15, -0.1) is 45.3 Å². The van der Waals surface area contributed by atoms with E-state index in [1.165, 1.54) is 25.4 Å². The number of nitriles is 4. The second kappa shape index (κ2) is 18.8. The normalized spacial score (nSPS) is 15.6. The summed E-state index contributed by atoms with van der Waals surface area (Å²) in [5.74, 6) is -0.420. The number of thiophene rings is 4. The summed E-state index contributed by atoms with van der Waals surface area (Å²) in [6, 6.07) is 68.0. The van der Waals surface area contributed by atoms with Crippen molar-refractivity contribution < 1.29 is 9.59 Å². The van der Waals surface area contributed by atoms with E-state index in [0.29, 0.717) is 44.5 Å². The van der Waals surface area contributed by atoms with Crippen molar-refractivity contribution in [2.75, 3.05) is 0 Å². The minimum absolute atomic E-state index is 0.0877. The van der Waals surface area contributed by atoms with E-state index >= 15 is 0 Å². The molecule has 0 amide bonds. The van der Waals surface area contributed by atoms with Crippen LogP contribution in [0.5, 0.6) is 0 Å². The third kappa shape index (κ3) is 7.01. The Labute approximate surface area is 500 Å². The van der Waals surface area contributed by atoms with Gasteiger partial charge in [-0.25, -0.2) is 0 Å². The van der Waals surface area contributed by atoms with Crippen molar-refractivity contribution in [1.29, 1.82) is 21.0 Å². The van der Waals surface area contributed by atoms with Gasteiger partial charge in [-0.05, 0) is 125 Å². The fourth-order valence-corrected chi connectivity index (χ4v) is 19.1. The highest BCUT2D eigenvalue weighted by molar-refractivity contribution is 7.39. The van der Waals surface area contributed by atoms with Crippen molar-refractivity contribution in [3.8, 4) is 45.2 Å². The summed E-state index contributed by atoms with van der Waals surface area (Å²) < 4.78 is 4.58. The smallest absolute Gasteiger partial charge is 0.194 e. The van der Waals surface area contributed by atoms with Crippen LogP contribution in [0, 0.1) is 73.0 Å². The molecule has 15 rings (SSSR count). The lowest BCUT2D eigenvalue weighted by Gasteiger charge is -2.35. The minimum atomic E-state index is -0.834. The van der Waals surface area contributed by atoms with Crippen LogP contribution in [0.3, 0.4) is 0 Å². The molecule has 0 fully saturated rings. The molecule has 0 atom stereocenters. The highest BCUT2D eigenvalue weighted by Gasteiger charge is 2.54. The number of hydrogen-bond acceptors (Lipinski definition) is 10. The number of rotatable bonds is 6. The van der Waals surface area contributed by atoms with Crippen LogP contribution in [0.2, 0.25) is 0 Å². The van der Waals surface area contributed by atoms with Crippen LogP contribution < -0.4 is 0 Å². The van der Waals surface area contributed by atoms with Crippen LogP contribution in [0.4, 0.5) is 0 Å². The van der Waals surface area contributed by atoms with Gasteiger partial charge in [0, 0.05) is 63.2 Å². The Morgan fingerprint density at radius 2 is 0.798 bits per heavy atom. The SMILES string of the molecule is Cc1ccc(C2(c3ccc(C)cc3)c3cc4c(cc3-c3sc(/C=C5\C(=O)c6ccccc6C5=C(C#N)C#N)cc32)C(c2ccc(C)cc2)(c2ccc(C)cc2)c2c-4sc3c2sc2cc(/C=C4\C(=O)c5ccccc5C4=C(C#N)C#N)sc23)cc1. The van der Waals surface area contributed by atoms with Crippen molar-refractivity contribution >= 4 is 99.0 Å². The monoisotopic (exact) mass is 1150 g/mol. The van der Waals surface area contributed by atoms with E-state index in [4.69, 9.17) is 0 Å². The summed E-state index contributed by atoms with van der Waals surface area (Å²) in [6.45, 7) is 8.48. The molecule has 4 aromatic heterocycles. The average Bonchev–Trinajstić information content (AvgIpc) is 1.55. The van der Waals surface area contributed by atoms with Gasteiger partial charge in [0.2, 0.25) is 0 Å². The lowest BCUT2D eigenvalue weighted by Crippen LogP contribution is -2.30. The maximum atomic E-state index is 14.5. The van der Waals surface area contributed by atoms with E-state index in [1.54, 1.807) is 52.2 Å². The van der Waals surface area contributed by atoms with Crippen molar-refractivity contribution in [1.82, 2.24) is 0 Å². The largest absolute Gasteiger partial charge is 0.289 e. The van der Waals surface area contributed by atoms with Crippen molar-refractivity contribution in [2.45, 2.75) is 38.5 Å². The summed E-state index contributed by atoms with van der Waals surface area (Å²) in [5.41, 5.74) is 17.7. The van der Waals surface area contributed by atoms with E-state index in [1.807, 2.05) is 53.8 Å². The number of nitrogens with zero attached hydrogens (tertiary/aromatic N) is 4. The first-order chi connectivity index (χ1) is 40.9. The van der Waals surface area contributed by atoms with Gasteiger partial charge >= 0.3 is 0 Å². The summed E-state index contributed by atoms with van der Waals surface area (Å²) in [6.07, 6.45) is 3.76. The zero-order valence-electron chi connectivity index (χ0n) is 45.6. The maximum Gasteiger partial charge on any atom is 0.194 e. The first-order valence-electron chi connectivity index (χ1n) is 27.3. The molecule has 394 valence electrons. The van der Waals surface area contributed by atoms with Gasteiger partial charge in [0.15, 0.2) is 11.6 Å². The Hall–Kier alpha value is -9.88. The Balaban J connectivity index is 1.02. The molecule has 0 radical (unpaired) electrons. The molecule has 0 saturated heterocycles. The van der Waals surface area contributed by atoms with Crippen LogP contribution in [-0.4, -0.2) is 11.6 Å². The highest BCUT2D eigenvalue weighted by Crippen LogP contribution is 2.68. The molecule has 0 bridgehead atoms. The van der Waals surface area contributed by atoms with E-state index in [0.717, 1.165) is 90.8 Å². The predicted octanol–water partition coefficient (Wildman–Crippen LogP) is 18.4. The summed E-state index contributed by atoms with van der Waals surface area (Å²) in [4.78, 5) is 32.6. The number of Topliss-reactive ketones (excluding diaryl/α,β-unsaturated/α-hetero) is 2. The fourth-order valence-electron chi connectivity index (χ4n) is 13.6. The molecular formula is C74H42N4O2S4. The third-order valence-corrected chi connectivity index (χ3v) is 22.4. The molecule has 84 heavy (non-hydrogen) atoms. The Kier molecular flexibility index (Phi) is 11.4. The fraction of sp³-hybridized carbons (Fsp3) is 0.0811. The Bertz CT molecular complexity index is 4990. The molecule has 7 aromatic carbocycles. The zero-order valence-corrected chi connectivity index (χ0v) is 48.8. The van der Waals surface area contributed by atoms with Crippen LogP contribution in [-0.2, 0) is 10.8 Å². The molecule has 0 aliphatic heterocycles. The molecule has 4 heterocycles. The van der Waals surface area contributed by atoms with Gasteiger partial charge in [-0.1, -0.05) is 168 Å². The summed E-state index contributed by atoms with van der Waals surface area (Å²) in [5, 5.41) is 40.9. The lowest BCUT2D eigenvalue weighted by atomic mass is 9.65. The molecule has 0 spiro atoms. The van der Waals surface area contributed by atoms with Crippen molar-refractivity contribution in [3.05, 3.63) is 291 Å². The first-order valence-corrected chi connectivity index (χ1v) is 30.6. The number of carbonyl (C=O) groups excluding carboxylic acids is 2. The number of carbonyl (C=O) groups is 2. The van der Waals surface area contributed by atoms with Gasteiger partial charge in [-0.2, -0.15) is 21.0 Å². The minimum Gasteiger partial charge on any atom is -0.289 e. The van der Waals surface area contributed by atoms with Crippen LogP contribution in [0.1, 0.15) is 108 Å².